The van der Waals surface area contributed by atoms with Gasteiger partial charge in [-0.3, -0.25) is 0 Å². The Kier molecular flexibility index (Phi) is 16.1. The van der Waals surface area contributed by atoms with Crippen molar-refractivity contribution in [1.29, 1.82) is 0 Å². The molecule has 2 unspecified atom stereocenters. The van der Waals surface area contributed by atoms with E-state index < -0.39 is 0 Å². The Bertz CT molecular complexity index is 1300. The van der Waals surface area contributed by atoms with E-state index in [-0.39, 0.29) is 0 Å². The standard InChI is InChI=1S/C46H64N2/c1-4-7-10-11-12-13-16-19-46(38-24-20-36(21-25-38)44(17-14-8-5-2)40-28-32-42(47)33-29-40)39-26-22-37(23-27-39)45(18-15-9-6-3)41-30-34-43(48)35-31-41/h20-35,44-46H,4-19,47-48H2,1-3H3. The topological polar surface area (TPSA) is 52.0 Å². The van der Waals surface area contributed by atoms with Crippen molar-refractivity contribution in [3.63, 3.8) is 0 Å². The molecule has 0 aliphatic carbocycles. The number of unbranched alkanes of at least 4 members (excludes halogenated alkanes) is 10. The first-order valence-electron chi connectivity index (χ1n) is 19.4. The van der Waals surface area contributed by atoms with E-state index in [1.807, 2.05) is 0 Å². The number of rotatable bonds is 22. The lowest BCUT2D eigenvalue weighted by molar-refractivity contribution is 0.558. The zero-order valence-corrected chi connectivity index (χ0v) is 30.4. The molecule has 0 aliphatic rings. The van der Waals surface area contributed by atoms with Gasteiger partial charge in [-0.15, -0.1) is 0 Å². The maximum Gasteiger partial charge on any atom is 0.0314 e. The van der Waals surface area contributed by atoms with Crippen molar-refractivity contribution < 1.29 is 0 Å². The van der Waals surface area contributed by atoms with E-state index in [0.29, 0.717) is 17.8 Å². The monoisotopic (exact) mass is 645 g/mol. The second-order valence-corrected chi connectivity index (χ2v) is 14.2. The van der Waals surface area contributed by atoms with Crippen LogP contribution in [0, 0.1) is 0 Å². The average molecular weight is 645 g/mol. The summed E-state index contributed by atoms with van der Waals surface area (Å²) in [6, 6.07) is 36.5. The van der Waals surface area contributed by atoms with Crippen LogP contribution < -0.4 is 11.5 Å². The van der Waals surface area contributed by atoms with Crippen LogP contribution in [0.1, 0.15) is 175 Å². The van der Waals surface area contributed by atoms with Gasteiger partial charge in [0.15, 0.2) is 0 Å². The van der Waals surface area contributed by atoms with Crippen molar-refractivity contribution in [3.8, 4) is 0 Å². The molecule has 0 amide bonds. The molecule has 2 nitrogen and oxygen atoms in total. The van der Waals surface area contributed by atoms with Crippen LogP contribution in [0.4, 0.5) is 11.4 Å². The molecule has 0 saturated carbocycles. The molecule has 0 spiro atoms. The van der Waals surface area contributed by atoms with E-state index in [2.05, 4.69) is 118 Å². The van der Waals surface area contributed by atoms with Crippen LogP contribution in [0.15, 0.2) is 97.1 Å². The summed E-state index contributed by atoms with van der Waals surface area (Å²) >= 11 is 0. The fraction of sp³-hybridized carbons (Fsp3) is 0.478. The summed E-state index contributed by atoms with van der Waals surface area (Å²) in [5.74, 6) is 1.23. The number of anilines is 2. The van der Waals surface area contributed by atoms with Gasteiger partial charge in [0, 0.05) is 29.1 Å². The van der Waals surface area contributed by atoms with E-state index in [0.717, 1.165) is 11.4 Å². The van der Waals surface area contributed by atoms with Gasteiger partial charge in [0.05, 0.1) is 0 Å². The third kappa shape index (κ3) is 11.6. The number of nitrogen functional groups attached to an aromatic ring is 2. The molecule has 0 heterocycles. The molecule has 0 bridgehead atoms. The van der Waals surface area contributed by atoms with E-state index in [9.17, 15) is 0 Å². The Morgan fingerprint density at radius 3 is 0.812 bits per heavy atom. The van der Waals surface area contributed by atoms with Crippen molar-refractivity contribution in [1.82, 2.24) is 0 Å². The molecule has 4 rings (SSSR count). The lowest BCUT2D eigenvalue weighted by Gasteiger charge is -2.23. The Balaban J connectivity index is 1.58. The molecule has 258 valence electrons. The highest BCUT2D eigenvalue weighted by molar-refractivity contribution is 5.45. The third-order valence-electron chi connectivity index (χ3n) is 10.4. The summed E-state index contributed by atoms with van der Waals surface area (Å²) in [6.07, 6.45) is 20.5. The molecule has 4 aromatic rings. The molecule has 0 radical (unpaired) electrons. The summed E-state index contributed by atoms with van der Waals surface area (Å²) in [5, 5.41) is 0. The van der Waals surface area contributed by atoms with Crippen molar-refractivity contribution in [2.75, 3.05) is 11.5 Å². The van der Waals surface area contributed by atoms with Crippen molar-refractivity contribution in [2.45, 2.75) is 141 Å². The van der Waals surface area contributed by atoms with Crippen molar-refractivity contribution >= 4 is 11.4 Å². The average Bonchev–Trinajstić information content (AvgIpc) is 3.11. The van der Waals surface area contributed by atoms with E-state index in [1.165, 1.54) is 136 Å². The smallest absolute Gasteiger partial charge is 0.0314 e. The highest BCUT2D eigenvalue weighted by Crippen LogP contribution is 2.37. The van der Waals surface area contributed by atoms with Crippen LogP contribution in [0.5, 0.6) is 0 Å². The zero-order chi connectivity index (χ0) is 34.0. The van der Waals surface area contributed by atoms with Gasteiger partial charge in [-0.05, 0) is 76.9 Å². The minimum Gasteiger partial charge on any atom is -0.399 e. The van der Waals surface area contributed by atoms with E-state index in [4.69, 9.17) is 11.5 Å². The summed E-state index contributed by atoms with van der Waals surface area (Å²) in [7, 11) is 0. The summed E-state index contributed by atoms with van der Waals surface area (Å²) < 4.78 is 0. The second-order valence-electron chi connectivity index (χ2n) is 14.2. The first-order chi connectivity index (χ1) is 23.5. The SMILES string of the molecule is CCCCCCCCCC(c1ccc(C(CCCCC)c2ccc(N)cc2)cc1)c1ccc(C(CCCCC)c2ccc(N)cc2)cc1. The molecule has 4 N–H and O–H groups in total. The van der Waals surface area contributed by atoms with Gasteiger partial charge in [0.25, 0.3) is 0 Å². The lowest BCUT2D eigenvalue weighted by atomic mass is 9.82. The quantitative estimate of drug-likeness (QED) is 0.0660. The molecule has 0 aromatic heterocycles. The van der Waals surface area contributed by atoms with Crippen LogP contribution in [0.3, 0.4) is 0 Å². The van der Waals surface area contributed by atoms with Gasteiger partial charge in [0.2, 0.25) is 0 Å². The molecule has 2 atom stereocenters. The van der Waals surface area contributed by atoms with Crippen LogP contribution in [0.25, 0.3) is 0 Å². The maximum atomic E-state index is 6.06. The number of benzene rings is 4. The van der Waals surface area contributed by atoms with Gasteiger partial charge in [-0.1, -0.05) is 177 Å². The second kappa shape index (κ2) is 20.8. The van der Waals surface area contributed by atoms with Gasteiger partial charge in [0.1, 0.15) is 0 Å². The molecular formula is C46H64N2. The highest BCUT2D eigenvalue weighted by atomic mass is 14.5. The lowest BCUT2D eigenvalue weighted by Crippen LogP contribution is -2.06. The predicted octanol–water partition coefficient (Wildman–Crippen LogP) is 13.5. The largest absolute Gasteiger partial charge is 0.399 e. The Morgan fingerprint density at radius 1 is 0.312 bits per heavy atom. The summed E-state index contributed by atoms with van der Waals surface area (Å²) in [5.41, 5.74) is 22.3. The fourth-order valence-electron chi connectivity index (χ4n) is 7.46. The van der Waals surface area contributed by atoms with Crippen LogP contribution in [0.2, 0.25) is 0 Å². The van der Waals surface area contributed by atoms with Gasteiger partial charge >= 0.3 is 0 Å². The van der Waals surface area contributed by atoms with E-state index >= 15 is 0 Å². The minimum atomic E-state index is 0.407. The summed E-state index contributed by atoms with van der Waals surface area (Å²) in [4.78, 5) is 0. The zero-order valence-electron chi connectivity index (χ0n) is 30.4. The van der Waals surface area contributed by atoms with Gasteiger partial charge in [-0.25, -0.2) is 0 Å². The van der Waals surface area contributed by atoms with Crippen molar-refractivity contribution in [2.24, 2.45) is 0 Å². The van der Waals surface area contributed by atoms with E-state index in [1.54, 1.807) is 0 Å². The van der Waals surface area contributed by atoms with Crippen LogP contribution >= 0.6 is 0 Å². The first-order valence-corrected chi connectivity index (χ1v) is 19.4. The first kappa shape index (κ1) is 37.3. The molecule has 4 aromatic carbocycles. The predicted molar refractivity (Wildman–Crippen MR) is 211 cm³/mol. The molecule has 0 saturated heterocycles. The fourth-order valence-corrected chi connectivity index (χ4v) is 7.46. The third-order valence-corrected chi connectivity index (χ3v) is 10.4. The summed E-state index contributed by atoms with van der Waals surface area (Å²) in [6.45, 7) is 6.87. The maximum absolute atomic E-state index is 6.06. The van der Waals surface area contributed by atoms with Crippen LogP contribution in [-0.2, 0) is 0 Å². The Labute approximate surface area is 293 Å². The normalized spacial score (nSPS) is 13.3. The number of hydrogen-bond acceptors (Lipinski definition) is 2. The molecule has 2 heteroatoms. The van der Waals surface area contributed by atoms with Crippen LogP contribution in [-0.4, -0.2) is 0 Å². The minimum absolute atomic E-state index is 0.407. The van der Waals surface area contributed by atoms with Gasteiger partial charge in [-0.2, -0.15) is 0 Å². The Hall–Kier alpha value is -3.52. The van der Waals surface area contributed by atoms with Gasteiger partial charge < -0.3 is 11.5 Å². The number of hydrogen-bond donors (Lipinski definition) is 2. The van der Waals surface area contributed by atoms with Crippen molar-refractivity contribution in [3.05, 3.63) is 130 Å². The highest BCUT2D eigenvalue weighted by Gasteiger charge is 2.19. The number of nitrogens with two attached hydrogens (primary N) is 2. The molecule has 0 fully saturated rings. The molecule has 48 heavy (non-hydrogen) atoms. The Morgan fingerprint density at radius 2 is 0.521 bits per heavy atom. The molecular weight excluding hydrogens is 581 g/mol. The molecule has 0 aliphatic heterocycles.